The fourth-order valence-corrected chi connectivity index (χ4v) is 11.2. The summed E-state index contributed by atoms with van der Waals surface area (Å²) in [7, 11) is 0. The number of carbonyl (C=O) groups is 8. The number of aliphatic imine (C=N–C) groups is 3. The molecule has 5 rings (SSSR count). The Kier molecular flexibility index (Phi) is 13.5. The zero-order valence-electron chi connectivity index (χ0n) is 36.4. The zero-order valence-corrected chi connectivity index (χ0v) is 36.4. The summed E-state index contributed by atoms with van der Waals surface area (Å²) in [5.74, 6) is -12.0. The monoisotopic (exact) mass is 896 g/mol. The van der Waals surface area contributed by atoms with Gasteiger partial charge < -0.3 is 46.2 Å². The molecule has 20 nitrogen and oxygen atoms in total. The maximum atomic E-state index is 13.0. The van der Waals surface area contributed by atoms with Gasteiger partial charge in [0.1, 0.15) is 0 Å². The van der Waals surface area contributed by atoms with Gasteiger partial charge in [-0.1, -0.05) is 13.8 Å². The lowest BCUT2D eigenvalue weighted by Crippen LogP contribution is -2.60. The fraction of sp³-hybridized carbons (Fsp3) is 0.614. The standard InChI is InChI=1S/C44H56N4O16/c1-40(13-12-34(55)56)25(15-36(59)60)39-44(5)42(3,20-38(63)64)23(8-11-33(53)54)27(48-44)17-30-41(2,19-37(61)62)22(7-10-32(51)52)28(45-30)18-43(4)24(14-35(57)58)21(6-9-31(49)50)26(47-43)16-29(40)46-39/h17,23,25,39,48H,6-16,18-20H2,1-5H3,(H,49,50)(H,51,52)(H,53,54)(H,55,56)(H,57,58)(H,59,60)(H,61,62)(H,63,64)/t23-,25+,39-,40-,41+,42+,43+,44+/m1/s1. The molecule has 5 aliphatic heterocycles. The van der Waals surface area contributed by atoms with Gasteiger partial charge in [-0.25, -0.2) is 0 Å². The molecule has 5 aliphatic rings. The van der Waals surface area contributed by atoms with E-state index in [0.29, 0.717) is 5.57 Å². The number of hydrogen-bond donors (Lipinski definition) is 9. The van der Waals surface area contributed by atoms with Gasteiger partial charge in [0.15, 0.2) is 0 Å². The van der Waals surface area contributed by atoms with Crippen LogP contribution in [0.15, 0.2) is 49.2 Å². The maximum Gasteiger partial charge on any atom is 0.307 e. The van der Waals surface area contributed by atoms with E-state index in [1.165, 1.54) is 6.08 Å². The molecule has 0 aromatic rings. The molecule has 0 aromatic carbocycles. The van der Waals surface area contributed by atoms with Gasteiger partial charge in [-0.3, -0.25) is 53.3 Å². The van der Waals surface area contributed by atoms with Crippen LogP contribution in [0.5, 0.6) is 0 Å². The first-order valence-electron chi connectivity index (χ1n) is 21.0. The average molecular weight is 897 g/mol. The van der Waals surface area contributed by atoms with E-state index >= 15 is 0 Å². The van der Waals surface area contributed by atoms with Crippen molar-refractivity contribution < 1.29 is 79.2 Å². The van der Waals surface area contributed by atoms with Gasteiger partial charge in [0.05, 0.1) is 48.5 Å². The molecule has 0 unspecified atom stereocenters. The van der Waals surface area contributed by atoms with Crippen LogP contribution < -0.4 is 5.32 Å². The molecule has 64 heavy (non-hydrogen) atoms. The summed E-state index contributed by atoms with van der Waals surface area (Å²) in [6.45, 7) is 8.10. The highest BCUT2D eigenvalue weighted by Gasteiger charge is 2.66. The second-order valence-electron chi connectivity index (χ2n) is 18.8. The minimum atomic E-state index is -1.57. The van der Waals surface area contributed by atoms with Crippen LogP contribution in [0.1, 0.15) is 125 Å². The molecule has 0 aliphatic carbocycles. The van der Waals surface area contributed by atoms with Crippen LogP contribution in [0.3, 0.4) is 0 Å². The third-order valence-corrected chi connectivity index (χ3v) is 14.6. The molecular weight excluding hydrogens is 840 g/mol. The molecule has 8 atom stereocenters. The molecule has 8 bridgehead atoms. The number of nitrogens with one attached hydrogen (secondary N) is 1. The van der Waals surface area contributed by atoms with Gasteiger partial charge in [0, 0.05) is 89.4 Å². The van der Waals surface area contributed by atoms with Gasteiger partial charge in [0.25, 0.3) is 0 Å². The molecule has 348 valence electrons. The van der Waals surface area contributed by atoms with E-state index in [4.69, 9.17) is 15.0 Å². The molecule has 0 saturated carbocycles. The molecule has 5 heterocycles. The Bertz CT molecular complexity index is 2270. The van der Waals surface area contributed by atoms with Crippen LogP contribution in [0, 0.1) is 28.1 Å². The lowest BCUT2D eigenvalue weighted by Gasteiger charge is -2.48. The quantitative estimate of drug-likeness (QED) is 0.0801. The van der Waals surface area contributed by atoms with E-state index < -0.39 is 144 Å². The smallest absolute Gasteiger partial charge is 0.307 e. The number of rotatable bonds is 20. The van der Waals surface area contributed by atoms with Crippen molar-refractivity contribution in [3.63, 3.8) is 0 Å². The molecule has 9 N–H and O–H groups in total. The first-order valence-corrected chi connectivity index (χ1v) is 21.0. The summed E-state index contributed by atoms with van der Waals surface area (Å²) < 4.78 is 0. The van der Waals surface area contributed by atoms with Crippen LogP contribution in [0.25, 0.3) is 0 Å². The van der Waals surface area contributed by atoms with E-state index in [9.17, 15) is 79.2 Å². The maximum absolute atomic E-state index is 13.0. The van der Waals surface area contributed by atoms with Gasteiger partial charge in [-0.2, -0.15) is 0 Å². The van der Waals surface area contributed by atoms with Crippen molar-refractivity contribution in [2.45, 2.75) is 142 Å². The average Bonchev–Trinajstić information content (AvgIpc) is 3.72. The van der Waals surface area contributed by atoms with Crippen LogP contribution >= 0.6 is 0 Å². The Morgan fingerprint density at radius 3 is 1.84 bits per heavy atom. The second kappa shape index (κ2) is 17.8. The van der Waals surface area contributed by atoms with E-state index in [2.05, 4.69) is 5.32 Å². The lowest BCUT2D eigenvalue weighted by atomic mass is 9.56. The summed E-state index contributed by atoms with van der Waals surface area (Å²) in [5, 5.41) is 84.9. The summed E-state index contributed by atoms with van der Waals surface area (Å²) >= 11 is 0. The fourth-order valence-electron chi connectivity index (χ4n) is 11.2. The predicted octanol–water partition coefficient (Wildman–Crippen LogP) is 4.68. The molecule has 0 radical (unpaired) electrons. The number of carboxylic acids is 8. The molecule has 0 spiro atoms. The number of allylic oxidation sites excluding steroid dienone is 4. The van der Waals surface area contributed by atoms with E-state index in [-0.39, 0.29) is 78.2 Å². The van der Waals surface area contributed by atoms with Crippen molar-refractivity contribution in [1.29, 1.82) is 0 Å². The minimum absolute atomic E-state index is 0.0922. The summed E-state index contributed by atoms with van der Waals surface area (Å²) in [4.78, 5) is 115. The van der Waals surface area contributed by atoms with E-state index in [0.717, 1.165) is 0 Å². The Labute approximate surface area is 367 Å². The van der Waals surface area contributed by atoms with E-state index in [1.54, 1.807) is 34.6 Å². The van der Waals surface area contributed by atoms with Crippen LogP contribution in [-0.2, 0) is 38.4 Å². The highest BCUT2D eigenvalue weighted by atomic mass is 16.4. The first-order chi connectivity index (χ1) is 29.6. The Morgan fingerprint density at radius 2 is 1.30 bits per heavy atom. The number of carboxylic acid groups (broad SMARTS) is 8. The molecule has 0 amide bonds. The normalized spacial score (nSPS) is 31.8. The van der Waals surface area contributed by atoms with Crippen molar-refractivity contribution in [3.8, 4) is 0 Å². The van der Waals surface area contributed by atoms with E-state index in [1.807, 2.05) is 0 Å². The molecule has 0 aromatic heterocycles. The lowest BCUT2D eigenvalue weighted by molar-refractivity contribution is -0.144. The predicted molar refractivity (Wildman–Crippen MR) is 225 cm³/mol. The van der Waals surface area contributed by atoms with Crippen LogP contribution in [0.4, 0.5) is 0 Å². The van der Waals surface area contributed by atoms with Crippen molar-refractivity contribution in [1.82, 2.24) is 5.32 Å². The third kappa shape index (κ3) is 9.22. The zero-order chi connectivity index (χ0) is 47.9. The molecule has 1 fully saturated rings. The Morgan fingerprint density at radius 1 is 0.703 bits per heavy atom. The van der Waals surface area contributed by atoms with Crippen molar-refractivity contribution in [3.05, 3.63) is 34.2 Å². The largest absolute Gasteiger partial charge is 0.481 e. The highest BCUT2D eigenvalue weighted by molar-refractivity contribution is 6.17. The van der Waals surface area contributed by atoms with Crippen molar-refractivity contribution in [2.75, 3.05) is 0 Å². The first kappa shape index (κ1) is 48.8. The summed E-state index contributed by atoms with van der Waals surface area (Å²) in [5.41, 5.74) is -5.72. The Balaban J connectivity index is 1.97. The van der Waals surface area contributed by atoms with Crippen molar-refractivity contribution in [2.24, 2.45) is 43.1 Å². The van der Waals surface area contributed by atoms with Crippen LogP contribution in [0.2, 0.25) is 0 Å². The number of fused-ring (bicyclic) bond motifs is 6. The Hall–Kier alpha value is -6.21. The molecular formula is C44H56N4O16. The number of hydrogen-bond acceptors (Lipinski definition) is 12. The topological polar surface area (TPSA) is 348 Å². The molecule has 1 saturated heterocycles. The number of nitrogens with zero attached hydrogens (tertiary/aromatic N) is 3. The minimum Gasteiger partial charge on any atom is -0.481 e. The number of aliphatic carboxylic acids is 8. The highest BCUT2D eigenvalue weighted by Crippen LogP contribution is 2.61. The van der Waals surface area contributed by atoms with Gasteiger partial charge >= 0.3 is 47.8 Å². The van der Waals surface area contributed by atoms with Gasteiger partial charge in [0.2, 0.25) is 0 Å². The second-order valence-corrected chi connectivity index (χ2v) is 18.8. The van der Waals surface area contributed by atoms with Crippen molar-refractivity contribution >= 4 is 64.9 Å². The summed E-state index contributed by atoms with van der Waals surface area (Å²) in [6.07, 6.45) is -3.95. The third-order valence-electron chi connectivity index (χ3n) is 14.6. The SMILES string of the molecule is C[C@@]1(CC(=O)O)C2=NC(=C1CCC(=O)O)C[C@]1(C)N=C(CC3=N[C@H]([C@H](CC(=O)O)[C@@]3(C)CCC(=O)O)[C@]3(C)NC(=C2)[C@@H](CCC(=O)O)[C@]3(C)CC(=O)O)C(CCC(=O)O)=C1CC(=O)O. The molecule has 20 heteroatoms. The summed E-state index contributed by atoms with van der Waals surface area (Å²) in [6, 6.07) is -1.17. The van der Waals surface area contributed by atoms with Gasteiger partial charge in [-0.05, 0) is 69.2 Å². The van der Waals surface area contributed by atoms with Crippen LogP contribution in [-0.4, -0.2) is 123 Å². The van der Waals surface area contributed by atoms with Gasteiger partial charge in [-0.15, -0.1) is 0 Å².